The van der Waals surface area contributed by atoms with Crippen LogP contribution in [0.15, 0.2) is 22.7 Å². The minimum Gasteiger partial charge on any atom is -0.368 e. The SMILES string of the molecule is CNC1CCN(c2cc(C(F)(F)F)ccc2Br)C(C)C1. The Bertz CT molecular complexity index is 476. The Balaban J connectivity index is 2.28. The van der Waals surface area contributed by atoms with E-state index in [1.807, 2.05) is 11.9 Å². The molecule has 0 bridgehead atoms. The third-order valence-electron chi connectivity index (χ3n) is 3.87. The van der Waals surface area contributed by atoms with Crippen LogP contribution in [0, 0.1) is 0 Å². The predicted molar refractivity (Wildman–Crippen MR) is 78.0 cm³/mol. The third-order valence-corrected chi connectivity index (χ3v) is 4.54. The van der Waals surface area contributed by atoms with Crippen molar-refractivity contribution in [3.63, 3.8) is 0 Å². The first kappa shape index (κ1) is 15.6. The van der Waals surface area contributed by atoms with Gasteiger partial charge in [-0.15, -0.1) is 0 Å². The number of rotatable bonds is 2. The molecule has 1 aromatic rings. The minimum absolute atomic E-state index is 0.209. The van der Waals surface area contributed by atoms with Crippen molar-refractivity contribution in [2.45, 2.75) is 38.0 Å². The van der Waals surface area contributed by atoms with Gasteiger partial charge in [0.1, 0.15) is 0 Å². The van der Waals surface area contributed by atoms with Gasteiger partial charge in [0.25, 0.3) is 0 Å². The monoisotopic (exact) mass is 350 g/mol. The van der Waals surface area contributed by atoms with Gasteiger partial charge in [-0.2, -0.15) is 13.2 Å². The largest absolute Gasteiger partial charge is 0.416 e. The molecular formula is C14H18BrF3N2. The number of hydrogen-bond donors (Lipinski definition) is 1. The van der Waals surface area contributed by atoms with Crippen LogP contribution >= 0.6 is 15.9 Å². The zero-order chi connectivity index (χ0) is 14.9. The molecule has 0 aromatic heterocycles. The highest BCUT2D eigenvalue weighted by molar-refractivity contribution is 9.10. The molecule has 0 amide bonds. The van der Waals surface area contributed by atoms with Crippen LogP contribution in [0.25, 0.3) is 0 Å². The summed E-state index contributed by atoms with van der Waals surface area (Å²) in [5, 5.41) is 3.24. The maximum atomic E-state index is 12.8. The van der Waals surface area contributed by atoms with Crippen molar-refractivity contribution in [2.75, 3.05) is 18.5 Å². The molecule has 2 rings (SSSR count). The summed E-state index contributed by atoms with van der Waals surface area (Å²) < 4.78 is 39.2. The van der Waals surface area contributed by atoms with E-state index in [0.717, 1.165) is 25.5 Å². The Morgan fingerprint density at radius 2 is 2.05 bits per heavy atom. The summed E-state index contributed by atoms with van der Waals surface area (Å²) in [5.41, 5.74) is 0.0283. The number of nitrogens with one attached hydrogen (secondary N) is 1. The van der Waals surface area contributed by atoms with Crippen LogP contribution in [0.5, 0.6) is 0 Å². The molecule has 1 aliphatic heterocycles. The lowest BCUT2D eigenvalue weighted by Crippen LogP contribution is -2.46. The molecule has 1 fully saturated rings. The lowest BCUT2D eigenvalue weighted by Gasteiger charge is -2.40. The second-order valence-corrected chi connectivity index (χ2v) is 6.07. The predicted octanol–water partition coefficient (Wildman–Crippen LogP) is 4.04. The minimum atomic E-state index is -4.30. The van der Waals surface area contributed by atoms with E-state index in [-0.39, 0.29) is 6.04 Å². The average Bonchev–Trinajstić information content (AvgIpc) is 2.38. The van der Waals surface area contributed by atoms with Crippen LogP contribution in [0.1, 0.15) is 25.3 Å². The van der Waals surface area contributed by atoms with E-state index in [1.165, 1.54) is 12.1 Å². The summed E-state index contributed by atoms with van der Waals surface area (Å²) in [7, 11) is 1.92. The number of alkyl halides is 3. The lowest BCUT2D eigenvalue weighted by atomic mass is 9.97. The van der Waals surface area contributed by atoms with Crippen LogP contribution in [-0.2, 0) is 6.18 Å². The first-order chi connectivity index (χ1) is 9.32. The molecule has 1 heterocycles. The van der Waals surface area contributed by atoms with E-state index >= 15 is 0 Å². The average molecular weight is 351 g/mol. The maximum Gasteiger partial charge on any atom is 0.416 e. The van der Waals surface area contributed by atoms with E-state index in [1.54, 1.807) is 0 Å². The Labute approximate surface area is 125 Å². The van der Waals surface area contributed by atoms with Crippen LogP contribution < -0.4 is 10.2 Å². The molecule has 20 heavy (non-hydrogen) atoms. The van der Waals surface area contributed by atoms with E-state index in [2.05, 4.69) is 28.2 Å². The van der Waals surface area contributed by atoms with Crippen LogP contribution in [-0.4, -0.2) is 25.7 Å². The van der Waals surface area contributed by atoms with Gasteiger partial charge in [0, 0.05) is 23.1 Å². The fourth-order valence-electron chi connectivity index (χ4n) is 2.70. The molecule has 2 nitrogen and oxygen atoms in total. The fourth-order valence-corrected chi connectivity index (χ4v) is 3.18. The summed E-state index contributed by atoms with van der Waals surface area (Å²) >= 11 is 3.37. The van der Waals surface area contributed by atoms with Gasteiger partial charge in [-0.05, 0) is 60.9 Å². The van der Waals surface area contributed by atoms with Crippen LogP contribution in [0.2, 0.25) is 0 Å². The molecule has 112 valence electrons. The Kier molecular flexibility index (Phi) is 4.64. The molecule has 0 radical (unpaired) electrons. The van der Waals surface area contributed by atoms with Crippen molar-refractivity contribution in [1.82, 2.24) is 5.32 Å². The number of hydrogen-bond acceptors (Lipinski definition) is 2. The van der Waals surface area contributed by atoms with Gasteiger partial charge in [-0.25, -0.2) is 0 Å². The molecule has 1 N–H and O–H groups in total. The van der Waals surface area contributed by atoms with Gasteiger partial charge in [-0.3, -0.25) is 0 Å². The fraction of sp³-hybridized carbons (Fsp3) is 0.571. The van der Waals surface area contributed by atoms with E-state index < -0.39 is 11.7 Å². The van der Waals surface area contributed by atoms with Crippen LogP contribution in [0.4, 0.5) is 18.9 Å². The highest BCUT2D eigenvalue weighted by Gasteiger charge is 2.33. The smallest absolute Gasteiger partial charge is 0.368 e. The molecule has 6 heteroatoms. The number of benzene rings is 1. The van der Waals surface area contributed by atoms with Gasteiger partial charge >= 0.3 is 6.18 Å². The zero-order valence-corrected chi connectivity index (χ0v) is 13.1. The standard InChI is InChI=1S/C14H18BrF3N2/c1-9-7-11(19-2)5-6-20(9)13-8-10(14(16,17)18)3-4-12(13)15/h3-4,8-9,11,19H,5-7H2,1-2H3. The normalized spacial score (nSPS) is 24.0. The van der Waals surface area contributed by atoms with Crippen molar-refractivity contribution in [3.05, 3.63) is 28.2 Å². The maximum absolute atomic E-state index is 12.8. The highest BCUT2D eigenvalue weighted by atomic mass is 79.9. The Morgan fingerprint density at radius 1 is 1.35 bits per heavy atom. The quantitative estimate of drug-likeness (QED) is 0.865. The molecule has 0 aliphatic carbocycles. The molecule has 1 saturated heterocycles. The van der Waals surface area contributed by atoms with Gasteiger partial charge in [0.05, 0.1) is 11.3 Å². The first-order valence-corrected chi connectivity index (χ1v) is 7.43. The van der Waals surface area contributed by atoms with Gasteiger partial charge < -0.3 is 10.2 Å². The van der Waals surface area contributed by atoms with E-state index in [4.69, 9.17) is 0 Å². The van der Waals surface area contributed by atoms with Gasteiger partial charge in [0.15, 0.2) is 0 Å². The Hall–Kier alpha value is -0.750. The summed E-state index contributed by atoms with van der Waals surface area (Å²) in [6.07, 6.45) is -2.44. The van der Waals surface area contributed by atoms with Crippen molar-refractivity contribution in [2.24, 2.45) is 0 Å². The van der Waals surface area contributed by atoms with Crippen molar-refractivity contribution < 1.29 is 13.2 Å². The molecule has 0 spiro atoms. The summed E-state index contributed by atoms with van der Waals surface area (Å²) in [5.74, 6) is 0. The lowest BCUT2D eigenvalue weighted by molar-refractivity contribution is -0.137. The topological polar surface area (TPSA) is 15.3 Å². The summed E-state index contributed by atoms with van der Waals surface area (Å²) in [6.45, 7) is 2.81. The highest BCUT2D eigenvalue weighted by Crippen LogP contribution is 2.37. The van der Waals surface area contributed by atoms with Crippen molar-refractivity contribution >= 4 is 21.6 Å². The summed E-state index contributed by atoms with van der Waals surface area (Å²) in [6, 6.07) is 4.47. The Morgan fingerprint density at radius 3 is 2.60 bits per heavy atom. The number of halogens is 4. The molecule has 1 aliphatic rings. The molecule has 1 aromatic carbocycles. The molecule has 2 atom stereocenters. The van der Waals surface area contributed by atoms with Gasteiger partial charge in [-0.1, -0.05) is 0 Å². The molecule has 2 unspecified atom stereocenters. The van der Waals surface area contributed by atoms with Gasteiger partial charge in [0.2, 0.25) is 0 Å². The van der Waals surface area contributed by atoms with Crippen molar-refractivity contribution in [3.8, 4) is 0 Å². The summed E-state index contributed by atoms with van der Waals surface area (Å²) in [4.78, 5) is 2.05. The molecule has 0 saturated carbocycles. The first-order valence-electron chi connectivity index (χ1n) is 6.63. The third kappa shape index (κ3) is 3.28. The van der Waals surface area contributed by atoms with Crippen molar-refractivity contribution in [1.29, 1.82) is 0 Å². The molecular weight excluding hydrogens is 333 g/mol. The van der Waals surface area contributed by atoms with E-state index in [9.17, 15) is 13.2 Å². The zero-order valence-electron chi connectivity index (χ0n) is 11.5. The second kappa shape index (κ2) is 5.93. The number of nitrogens with zero attached hydrogens (tertiary/aromatic N) is 1. The second-order valence-electron chi connectivity index (χ2n) is 5.22. The number of anilines is 1. The van der Waals surface area contributed by atoms with Crippen LogP contribution in [0.3, 0.4) is 0 Å². The van der Waals surface area contributed by atoms with E-state index in [0.29, 0.717) is 16.2 Å². The number of piperidine rings is 1.